The highest BCUT2D eigenvalue weighted by Gasteiger charge is 2.08. The molecule has 0 saturated carbocycles. The Hall–Kier alpha value is -2.23. The maximum absolute atomic E-state index is 9.74. The number of nitrogens with zero attached hydrogens (tertiary/aromatic N) is 4. The van der Waals surface area contributed by atoms with Crippen molar-refractivity contribution in [2.45, 2.75) is 6.92 Å². The number of phenolic OH excluding ortho intramolecular Hbond substituents is 1. The summed E-state index contributed by atoms with van der Waals surface area (Å²) in [6.07, 6.45) is 0. The van der Waals surface area contributed by atoms with Gasteiger partial charge < -0.3 is 5.11 Å². The van der Waals surface area contributed by atoms with E-state index in [0.717, 1.165) is 9.26 Å². The molecule has 20 heavy (non-hydrogen) atoms. The molecule has 0 atom stereocenters. The van der Waals surface area contributed by atoms with Gasteiger partial charge in [-0.05, 0) is 65.2 Å². The Balaban J connectivity index is 2.54. The lowest BCUT2D eigenvalue weighted by Gasteiger charge is -2.03. The molecule has 0 amide bonds. The van der Waals surface area contributed by atoms with E-state index in [9.17, 15) is 5.11 Å². The molecule has 1 heterocycles. The summed E-state index contributed by atoms with van der Waals surface area (Å²) in [5.74, 6) is 5.72. The molecule has 1 aromatic carbocycles. The van der Waals surface area contributed by atoms with Gasteiger partial charge in [-0.2, -0.15) is 0 Å². The molecule has 0 radical (unpaired) electrons. The van der Waals surface area contributed by atoms with E-state index in [1.54, 1.807) is 12.1 Å². The maximum Gasteiger partial charge on any atom is 0.126 e. The van der Waals surface area contributed by atoms with Crippen LogP contribution >= 0.6 is 22.6 Å². The summed E-state index contributed by atoms with van der Waals surface area (Å²) < 4.78 is 0.794. The van der Waals surface area contributed by atoms with Crippen LogP contribution in [0.1, 0.15) is 17.0 Å². The van der Waals surface area contributed by atoms with Crippen molar-refractivity contribution in [1.29, 1.82) is 0 Å². The van der Waals surface area contributed by atoms with Gasteiger partial charge in [-0.3, -0.25) is 0 Å². The maximum atomic E-state index is 9.74. The first-order valence-electron chi connectivity index (χ1n) is 5.64. The summed E-state index contributed by atoms with van der Waals surface area (Å²) in [6, 6.07) is 8.73. The molecule has 0 spiro atoms. The van der Waals surface area contributed by atoms with Gasteiger partial charge in [-0.15, -0.1) is 0 Å². The first-order valence-corrected chi connectivity index (χ1v) is 6.72. The Labute approximate surface area is 129 Å². The zero-order valence-corrected chi connectivity index (χ0v) is 12.7. The summed E-state index contributed by atoms with van der Waals surface area (Å²) >= 11 is 2.07. The number of halogens is 1. The van der Waals surface area contributed by atoms with Gasteiger partial charge >= 0.3 is 0 Å². The first kappa shape index (κ1) is 14.2. The Morgan fingerprint density at radius 3 is 2.80 bits per heavy atom. The van der Waals surface area contributed by atoms with Crippen LogP contribution in [0.3, 0.4) is 0 Å². The summed E-state index contributed by atoms with van der Waals surface area (Å²) in [5, 5.41) is 13.2. The molecule has 0 unspecified atom stereocenters. The van der Waals surface area contributed by atoms with E-state index >= 15 is 0 Å². The van der Waals surface area contributed by atoms with E-state index in [1.807, 2.05) is 19.1 Å². The van der Waals surface area contributed by atoms with Gasteiger partial charge in [-0.1, -0.05) is 17.1 Å². The number of hydrogen-bond acceptors (Lipinski definition) is 3. The standard InChI is InChI=1S/C14H9IN4O/c1-9-3-2-4-10(17-9)5-6-11-12(15)7-8-13(20)14(11)18-19-16/h2-4,7-8,20H,1H3. The van der Waals surface area contributed by atoms with E-state index in [-0.39, 0.29) is 11.4 Å². The van der Waals surface area contributed by atoms with Crippen LogP contribution < -0.4 is 0 Å². The molecule has 0 aliphatic carbocycles. The molecule has 98 valence electrons. The predicted octanol–water partition coefficient (Wildman–Crippen LogP) is 4.04. The number of hydrogen-bond donors (Lipinski definition) is 1. The minimum absolute atomic E-state index is 0.0929. The molecular formula is C14H9IN4O. The molecule has 0 bridgehead atoms. The third-order valence-electron chi connectivity index (χ3n) is 2.45. The normalized spacial score (nSPS) is 9.30. The van der Waals surface area contributed by atoms with Gasteiger partial charge in [0.1, 0.15) is 11.4 Å². The molecule has 1 N–H and O–H groups in total. The average molecular weight is 376 g/mol. The number of aryl methyl sites for hydroxylation is 1. The highest BCUT2D eigenvalue weighted by molar-refractivity contribution is 14.1. The van der Waals surface area contributed by atoms with Crippen molar-refractivity contribution in [3.63, 3.8) is 0 Å². The average Bonchev–Trinajstić information content (AvgIpc) is 2.42. The van der Waals surface area contributed by atoms with Gasteiger partial charge in [0.25, 0.3) is 0 Å². The Bertz CT molecular complexity index is 770. The number of pyridine rings is 1. The van der Waals surface area contributed by atoms with Crippen molar-refractivity contribution in [3.8, 4) is 17.6 Å². The number of aromatic hydroxyl groups is 1. The number of azide groups is 1. The number of aromatic nitrogens is 1. The van der Waals surface area contributed by atoms with E-state index in [2.05, 4.69) is 49.4 Å². The van der Waals surface area contributed by atoms with Crippen LogP contribution in [0.25, 0.3) is 10.4 Å². The zero-order chi connectivity index (χ0) is 14.5. The van der Waals surface area contributed by atoms with E-state index in [4.69, 9.17) is 5.53 Å². The third-order valence-corrected chi connectivity index (χ3v) is 3.35. The van der Waals surface area contributed by atoms with Crippen LogP contribution in [0.5, 0.6) is 5.75 Å². The van der Waals surface area contributed by atoms with E-state index in [1.165, 1.54) is 6.07 Å². The van der Waals surface area contributed by atoms with Crippen molar-refractivity contribution in [2.24, 2.45) is 5.11 Å². The van der Waals surface area contributed by atoms with Crippen LogP contribution in [0.15, 0.2) is 35.4 Å². The molecule has 5 nitrogen and oxygen atoms in total. The number of rotatable bonds is 1. The fourth-order valence-corrected chi connectivity index (χ4v) is 2.13. The minimum atomic E-state index is -0.0929. The number of benzene rings is 1. The van der Waals surface area contributed by atoms with Crippen molar-refractivity contribution in [1.82, 2.24) is 4.98 Å². The van der Waals surface area contributed by atoms with Crippen molar-refractivity contribution in [2.75, 3.05) is 0 Å². The molecule has 0 aliphatic rings. The van der Waals surface area contributed by atoms with Crippen LogP contribution in [-0.2, 0) is 0 Å². The second-order valence-corrected chi connectivity index (χ2v) is 5.06. The summed E-state index contributed by atoms with van der Waals surface area (Å²) in [6.45, 7) is 1.88. The van der Waals surface area contributed by atoms with Gasteiger partial charge in [0.15, 0.2) is 0 Å². The Morgan fingerprint density at radius 2 is 2.10 bits per heavy atom. The fourth-order valence-electron chi connectivity index (χ4n) is 1.56. The second kappa shape index (κ2) is 6.28. The molecule has 6 heteroatoms. The van der Waals surface area contributed by atoms with Gasteiger partial charge in [0.05, 0.1) is 11.3 Å². The smallest absolute Gasteiger partial charge is 0.126 e. The third kappa shape index (κ3) is 3.20. The van der Waals surface area contributed by atoms with Gasteiger partial charge in [-0.25, -0.2) is 4.98 Å². The van der Waals surface area contributed by atoms with Crippen LogP contribution in [0.2, 0.25) is 0 Å². The Morgan fingerprint density at radius 1 is 1.30 bits per heavy atom. The van der Waals surface area contributed by atoms with Crippen molar-refractivity contribution < 1.29 is 5.11 Å². The fraction of sp³-hybridized carbons (Fsp3) is 0.0714. The lowest BCUT2D eigenvalue weighted by molar-refractivity contribution is 0.476. The van der Waals surface area contributed by atoms with Crippen LogP contribution in [0, 0.1) is 22.3 Å². The topological polar surface area (TPSA) is 81.9 Å². The zero-order valence-electron chi connectivity index (χ0n) is 10.5. The monoisotopic (exact) mass is 376 g/mol. The predicted molar refractivity (Wildman–Crippen MR) is 84.6 cm³/mol. The first-order chi connectivity index (χ1) is 9.61. The highest BCUT2D eigenvalue weighted by Crippen LogP contribution is 2.33. The molecule has 0 fully saturated rings. The highest BCUT2D eigenvalue weighted by atomic mass is 127. The molecule has 0 saturated heterocycles. The summed E-state index contributed by atoms with van der Waals surface area (Å²) in [7, 11) is 0. The Kier molecular flexibility index (Phi) is 4.45. The minimum Gasteiger partial charge on any atom is -0.507 e. The molecule has 2 rings (SSSR count). The van der Waals surface area contributed by atoms with Crippen molar-refractivity contribution >= 4 is 28.3 Å². The van der Waals surface area contributed by atoms with E-state index < -0.39 is 0 Å². The molecule has 1 aromatic heterocycles. The van der Waals surface area contributed by atoms with E-state index in [0.29, 0.717) is 11.3 Å². The summed E-state index contributed by atoms with van der Waals surface area (Å²) in [5.41, 5.74) is 10.7. The van der Waals surface area contributed by atoms with Crippen LogP contribution in [0.4, 0.5) is 5.69 Å². The molecular weight excluding hydrogens is 367 g/mol. The quantitative estimate of drug-likeness (QED) is 0.268. The molecule has 2 aromatic rings. The lowest BCUT2D eigenvalue weighted by Crippen LogP contribution is -1.87. The van der Waals surface area contributed by atoms with Gasteiger partial charge in [0.2, 0.25) is 0 Å². The SMILES string of the molecule is Cc1cccc(C#Cc2c(I)ccc(O)c2N=[N+]=[N-])n1. The van der Waals surface area contributed by atoms with Crippen molar-refractivity contribution in [3.05, 3.63) is 61.3 Å². The second-order valence-electron chi connectivity index (χ2n) is 3.89. The van der Waals surface area contributed by atoms with Crippen LogP contribution in [-0.4, -0.2) is 10.1 Å². The number of phenols is 1. The molecule has 0 aliphatic heterocycles. The summed E-state index contributed by atoms with van der Waals surface area (Å²) in [4.78, 5) is 6.99. The largest absolute Gasteiger partial charge is 0.507 e. The lowest BCUT2D eigenvalue weighted by atomic mass is 10.1. The van der Waals surface area contributed by atoms with Gasteiger partial charge in [0, 0.05) is 14.2 Å².